The van der Waals surface area contributed by atoms with Gasteiger partial charge in [0.15, 0.2) is 0 Å². The van der Waals surface area contributed by atoms with Crippen molar-refractivity contribution >= 4 is 17.7 Å². The van der Waals surface area contributed by atoms with Crippen molar-refractivity contribution < 1.29 is 23.1 Å². The number of carbonyl (C=O) groups is 2. The van der Waals surface area contributed by atoms with E-state index in [1.807, 2.05) is 12.1 Å². The van der Waals surface area contributed by atoms with E-state index in [2.05, 4.69) is 16.1 Å². The molecule has 0 aromatic heterocycles. The zero-order chi connectivity index (χ0) is 25.4. The Morgan fingerprint density at radius 1 is 1.20 bits per heavy atom. The summed E-state index contributed by atoms with van der Waals surface area (Å²) in [6, 6.07) is 9.19. The van der Waals surface area contributed by atoms with E-state index in [0.29, 0.717) is 25.1 Å². The van der Waals surface area contributed by atoms with E-state index < -0.39 is 23.8 Å². The summed E-state index contributed by atoms with van der Waals surface area (Å²) < 4.78 is 35.0. The number of hydrogen-bond donors (Lipinski definition) is 5. The molecule has 1 unspecified atom stereocenters. The van der Waals surface area contributed by atoms with E-state index in [-0.39, 0.29) is 30.2 Å². The van der Waals surface area contributed by atoms with Crippen LogP contribution in [0.25, 0.3) is 11.1 Å². The molecule has 188 valence electrons. The molecule has 0 radical (unpaired) electrons. The van der Waals surface area contributed by atoms with Crippen LogP contribution in [0, 0.1) is 11.6 Å². The quantitative estimate of drug-likeness (QED) is 0.185. The maximum absolute atomic E-state index is 14.9. The molecule has 1 fully saturated rings. The molecule has 35 heavy (non-hydrogen) atoms. The molecule has 0 aliphatic carbocycles. The van der Waals surface area contributed by atoms with Crippen molar-refractivity contribution in [1.29, 1.82) is 0 Å². The molecule has 9 nitrogen and oxygen atoms in total. The fraction of sp³-hybridized carbons (Fsp3) is 0.333. The topological polar surface area (TPSA) is 135 Å². The summed E-state index contributed by atoms with van der Waals surface area (Å²) in [5, 5.41) is 5.83. The highest BCUT2D eigenvalue weighted by Gasteiger charge is 2.33. The van der Waals surface area contributed by atoms with Crippen LogP contribution in [0.2, 0.25) is 0 Å². The second-order valence-electron chi connectivity index (χ2n) is 8.12. The van der Waals surface area contributed by atoms with Gasteiger partial charge in [-0.1, -0.05) is 24.3 Å². The third-order valence-electron chi connectivity index (χ3n) is 5.58. The Labute approximate surface area is 202 Å². The van der Waals surface area contributed by atoms with E-state index in [9.17, 15) is 18.4 Å². The Morgan fingerprint density at radius 2 is 1.89 bits per heavy atom. The van der Waals surface area contributed by atoms with Gasteiger partial charge in [0.2, 0.25) is 5.91 Å². The number of nitrogens with one attached hydrogen (secondary N) is 3. The predicted octanol–water partition coefficient (Wildman–Crippen LogP) is 1.88. The molecule has 1 heterocycles. The minimum absolute atomic E-state index is 0.0549. The highest BCUT2D eigenvalue weighted by atomic mass is 19.1. The molecule has 2 amide bonds. The summed E-state index contributed by atoms with van der Waals surface area (Å²) in [6.45, 7) is 2.96. The van der Waals surface area contributed by atoms with Crippen LogP contribution in [0.15, 0.2) is 48.3 Å². The van der Waals surface area contributed by atoms with Gasteiger partial charge in [-0.15, -0.1) is 0 Å². The first kappa shape index (κ1) is 25.9. The first-order chi connectivity index (χ1) is 16.8. The highest BCUT2D eigenvalue weighted by Crippen LogP contribution is 2.32. The Balaban J connectivity index is 1.61. The third kappa shape index (κ3) is 6.90. The number of halogens is 2. The van der Waals surface area contributed by atoms with Gasteiger partial charge in [0.05, 0.1) is 24.3 Å². The van der Waals surface area contributed by atoms with Gasteiger partial charge in [-0.05, 0) is 36.2 Å². The number of hydrogen-bond acceptors (Lipinski definition) is 7. The molecule has 3 rings (SSSR count). The number of anilines is 1. The zero-order valence-electron chi connectivity index (χ0n) is 19.4. The van der Waals surface area contributed by atoms with Crippen molar-refractivity contribution in [1.82, 2.24) is 16.1 Å². The Hall–Kier alpha value is -3.70. The first-order valence-corrected chi connectivity index (χ1v) is 11.2. The molecular formula is C24H30F2N6O3. The fourth-order valence-corrected chi connectivity index (χ4v) is 3.71. The van der Waals surface area contributed by atoms with Crippen molar-refractivity contribution in [3.63, 3.8) is 0 Å². The third-order valence-corrected chi connectivity index (χ3v) is 5.58. The lowest BCUT2D eigenvalue weighted by Gasteiger charge is -2.15. The fourth-order valence-electron chi connectivity index (χ4n) is 3.71. The summed E-state index contributed by atoms with van der Waals surface area (Å²) in [6.07, 6.45) is 1.51. The number of ether oxygens (including phenoxy) is 1. The summed E-state index contributed by atoms with van der Waals surface area (Å²) >= 11 is 0. The average molecular weight is 489 g/mol. The van der Waals surface area contributed by atoms with Crippen LogP contribution in [-0.2, 0) is 16.0 Å². The average Bonchev–Trinajstić information content (AvgIpc) is 3.21. The van der Waals surface area contributed by atoms with Gasteiger partial charge >= 0.3 is 6.09 Å². The van der Waals surface area contributed by atoms with Crippen LogP contribution in [0.3, 0.4) is 0 Å². The maximum atomic E-state index is 14.9. The molecule has 11 heteroatoms. The molecule has 7 N–H and O–H groups in total. The van der Waals surface area contributed by atoms with E-state index in [0.717, 1.165) is 34.7 Å². The molecular weight excluding hydrogens is 458 g/mol. The van der Waals surface area contributed by atoms with Gasteiger partial charge in [-0.2, -0.15) is 0 Å². The van der Waals surface area contributed by atoms with Gasteiger partial charge in [-0.3, -0.25) is 15.5 Å². The van der Waals surface area contributed by atoms with Crippen LogP contribution in [0.4, 0.5) is 19.3 Å². The van der Waals surface area contributed by atoms with Gasteiger partial charge in [0.25, 0.3) is 0 Å². The molecule has 2 aromatic rings. The number of amides is 2. The summed E-state index contributed by atoms with van der Waals surface area (Å²) in [5.74, 6) is 3.49. The SMILES string of the molecule is CC(=O)NCC1CN(c2cc(F)c(-c3ccc(CCNCC/C(=C/N)NN)cc3)c(F)c2)C(=O)O1. The second kappa shape index (κ2) is 12.1. The summed E-state index contributed by atoms with van der Waals surface area (Å²) in [7, 11) is 0. The number of benzene rings is 2. The standard InChI is InChI=1S/C24H30F2N6O3/c1-15(33)30-13-20-14-32(24(34)35-20)19-10-21(25)23(22(26)11-19)17-4-2-16(3-5-17)6-8-29-9-7-18(12-27)31-28/h2-5,10-12,20,29,31H,6-9,13-14,27-28H2,1H3,(H,30,33)/b18-12-. The minimum atomic E-state index is -0.787. The minimum Gasteiger partial charge on any atom is -0.442 e. The van der Waals surface area contributed by atoms with Gasteiger partial charge in [-0.25, -0.2) is 13.6 Å². The molecule has 0 bridgehead atoms. The summed E-state index contributed by atoms with van der Waals surface area (Å²) in [4.78, 5) is 24.4. The largest absolute Gasteiger partial charge is 0.442 e. The number of rotatable bonds is 11. The second-order valence-corrected chi connectivity index (χ2v) is 8.12. The van der Waals surface area contributed by atoms with Gasteiger partial charge < -0.3 is 26.5 Å². The summed E-state index contributed by atoms with van der Waals surface area (Å²) in [5.41, 5.74) is 9.97. The lowest BCUT2D eigenvalue weighted by molar-refractivity contribution is -0.119. The van der Waals surface area contributed by atoms with E-state index in [4.69, 9.17) is 16.3 Å². The van der Waals surface area contributed by atoms with Crippen LogP contribution in [-0.4, -0.2) is 44.3 Å². The molecule has 1 atom stereocenters. The zero-order valence-corrected chi connectivity index (χ0v) is 19.4. The molecule has 1 aliphatic rings. The van der Waals surface area contributed by atoms with Crippen molar-refractivity contribution in [2.45, 2.75) is 25.9 Å². The van der Waals surface area contributed by atoms with Crippen molar-refractivity contribution in [3.8, 4) is 11.1 Å². The number of nitrogens with two attached hydrogens (primary N) is 2. The molecule has 0 saturated carbocycles. The predicted molar refractivity (Wildman–Crippen MR) is 129 cm³/mol. The van der Waals surface area contributed by atoms with Crippen molar-refractivity contribution in [2.24, 2.45) is 11.6 Å². The number of nitrogens with zero attached hydrogens (tertiary/aromatic N) is 1. The maximum Gasteiger partial charge on any atom is 0.414 e. The molecule has 0 spiro atoms. The Bertz CT molecular complexity index is 1050. The number of cyclic esters (lactones) is 1. The number of carbonyl (C=O) groups excluding carboxylic acids is 2. The molecule has 1 aliphatic heterocycles. The van der Waals surface area contributed by atoms with Gasteiger partial charge in [0.1, 0.15) is 17.7 Å². The van der Waals surface area contributed by atoms with Crippen LogP contribution >= 0.6 is 0 Å². The van der Waals surface area contributed by atoms with Crippen molar-refractivity contribution in [3.05, 3.63) is 65.5 Å². The van der Waals surface area contributed by atoms with Crippen molar-refractivity contribution in [2.75, 3.05) is 31.1 Å². The lowest BCUT2D eigenvalue weighted by Crippen LogP contribution is -2.33. The monoisotopic (exact) mass is 488 g/mol. The van der Waals surface area contributed by atoms with E-state index in [1.54, 1.807) is 12.1 Å². The van der Waals surface area contributed by atoms with Crippen LogP contribution in [0.5, 0.6) is 0 Å². The number of hydrazine groups is 1. The van der Waals surface area contributed by atoms with E-state index in [1.165, 1.54) is 13.1 Å². The van der Waals surface area contributed by atoms with Crippen LogP contribution in [0.1, 0.15) is 18.9 Å². The Kier molecular flexibility index (Phi) is 8.98. The van der Waals surface area contributed by atoms with E-state index >= 15 is 0 Å². The lowest BCUT2D eigenvalue weighted by atomic mass is 10.0. The smallest absolute Gasteiger partial charge is 0.414 e. The molecule has 2 aromatic carbocycles. The molecule has 1 saturated heterocycles. The Morgan fingerprint density at radius 3 is 2.49 bits per heavy atom. The normalized spacial score (nSPS) is 15.8. The van der Waals surface area contributed by atoms with Crippen LogP contribution < -0.4 is 32.5 Å². The highest BCUT2D eigenvalue weighted by molar-refractivity contribution is 5.90. The first-order valence-electron chi connectivity index (χ1n) is 11.2. The van der Waals surface area contributed by atoms with Gasteiger partial charge in [0, 0.05) is 31.8 Å².